The zero-order chi connectivity index (χ0) is 13.3. The van der Waals surface area contributed by atoms with E-state index in [-0.39, 0.29) is 16.0 Å². The maximum absolute atomic E-state index is 12.1. The van der Waals surface area contributed by atoms with Gasteiger partial charge in [0.2, 0.25) is 10.0 Å². The third kappa shape index (κ3) is 2.79. The number of sulfonamides is 1. The quantitative estimate of drug-likeness (QED) is 0.836. The van der Waals surface area contributed by atoms with Gasteiger partial charge in [0.15, 0.2) is 0 Å². The Morgan fingerprint density at radius 1 is 1.44 bits per heavy atom. The van der Waals surface area contributed by atoms with Gasteiger partial charge in [-0.25, -0.2) is 13.1 Å². The van der Waals surface area contributed by atoms with Gasteiger partial charge in [0.1, 0.15) is 0 Å². The molecule has 2 rings (SSSR count). The Labute approximate surface area is 113 Å². The molecule has 4 nitrogen and oxygen atoms in total. The first-order valence-electron chi connectivity index (χ1n) is 5.97. The second kappa shape index (κ2) is 5.07. The van der Waals surface area contributed by atoms with Crippen molar-refractivity contribution in [1.29, 1.82) is 0 Å². The smallest absolute Gasteiger partial charge is 0.240 e. The van der Waals surface area contributed by atoms with Crippen LogP contribution in [0.25, 0.3) is 0 Å². The lowest BCUT2D eigenvalue weighted by atomic mass is 9.81. The standard InChI is InChI=1S/C12H17ClN2O2S/c1-8(9-3-2-4-9)15-18(16,17)10-5-6-12(14)11(13)7-10/h5-9,15H,2-4,14H2,1H3. The molecule has 0 aromatic heterocycles. The highest BCUT2D eigenvalue weighted by atomic mass is 35.5. The highest BCUT2D eigenvalue weighted by molar-refractivity contribution is 7.89. The van der Waals surface area contributed by atoms with Crippen molar-refractivity contribution < 1.29 is 8.42 Å². The molecule has 18 heavy (non-hydrogen) atoms. The summed E-state index contributed by atoms with van der Waals surface area (Å²) in [5.74, 6) is 0.448. The van der Waals surface area contributed by atoms with Crippen LogP contribution in [0.5, 0.6) is 0 Å². The number of nitrogens with one attached hydrogen (secondary N) is 1. The van der Waals surface area contributed by atoms with E-state index in [0.29, 0.717) is 11.6 Å². The van der Waals surface area contributed by atoms with Crippen molar-refractivity contribution in [2.24, 2.45) is 5.92 Å². The first-order valence-corrected chi connectivity index (χ1v) is 7.83. The largest absolute Gasteiger partial charge is 0.398 e. The second-order valence-electron chi connectivity index (χ2n) is 4.78. The average Bonchev–Trinajstić information content (AvgIpc) is 2.18. The van der Waals surface area contributed by atoms with Crippen molar-refractivity contribution in [3.8, 4) is 0 Å². The molecular formula is C12H17ClN2O2S. The predicted octanol–water partition coefficient (Wildman–Crippen LogP) is 2.39. The van der Waals surface area contributed by atoms with Gasteiger partial charge in [0.25, 0.3) is 0 Å². The number of halogens is 1. The van der Waals surface area contributed by atoms with E-state index in [4.69, 9.17) is 17.3 Å². The van der Waals surface area contributed by atoms with E-state index in [1.165, 1.54) is 24.6 Å². The Morgan fingerprint density at radius 3 is 2.61 bits per heavy atom. The van der Waals surface area contributed by atoms with Gasteiger partial charge in [-0.15, -0.1) is 0 Å². The van der Waals surface area contributed by atoms with E-state index in [1.807, 2.05) is 6.92 Å². The van der Waals surface area contributed by atoms with Crippen LogP contribution >= 0.6 is 11.6 Å². The minimum absolute atomic E-state index is 0.0416. The van der Waals surface area contributed by atoms with Crippen molar-refractivity contribution in [1.82, 2.24) is 4.72 Å². The summed E-state index contributed by atoms with van der Waals surface area (Å²) in [7, 11) is -3.51. The Kier molecular flexibility index (Phi) is 3.84. The van der Waals surface area contributed by atoms with Gasteiger partial charge < -0.3 is 5.73 Å². The molecule has 6 heteroatoms. The summed E-state index contributed by atoms with van der Waals surface area (Å²) < 4.78 is 27.0. The average molecular weight is 289 g/mol. The molecule has 0 aliphatic heterocycles. The Balaban J connectivity index is 2.16. The molecule has 3 N–H and O–H groups in total. The van der Waals surface area contributed by atoms with Gasteiger partial charge in [0, 0.05) is 6.04 Å². The zero-order valence-corrected chi connectivity index (χ0v) is 11.8. The van der Waals surface area contributed by atoms with Crippen LogP contribution in [0.15, 0.2) is 23.1 Å². The molecule has 1 unspecified atom stereocenters. The molecule has 0 saturated heterocycles. The lowest BCUT2D eigenvalue weighted by Gasteiger charge is -2.31. The fourth-order valence-corrected chi connectivity index (χ4v) is 3.61. The van der Waals surface area contributed by atoms with Crippen LogP contribution in [0.3, 0.4) is 0 Å². The van der Waals surface area contributed by atoms with Crippen LogP contribution in [0.1, 0.15) is 26.2 Å². The predicted molar refractivity (Wildman–Crippen MR) is 73.0 cm³/mol. The molecular weight excluding hydrogens is 272 g/mol. The Morgan fingerprint density at radius 2 is 2.11 bits per heavy atom. The van der Waals surface area contributed by atoms with Crippen LogP contribution in [0, 0.1) is 5.92 Å². The summed E-state index contributed by atoms with van der Waals surface area (Å²) in [5.41, 5.74) is 5.94. The summed E-state index contributed by atoms with van der Waals surface area (Å²) >= 11 is 5.84. The first-order chi connectivity index (χ1) is 8.40. The van der Waals surface area contributed by atoms with E-state index in [2.05, 4.69) is 4.72 Å². The number of nitrogens with two attached hydrogens (primary N) is 1. The van der Waals surface area contributed by atoms with Crippen LogP contribution < -0.4 is 10.5 Å². The third-order valence-electron chi connectivity index (χ3n) is 3.48. The lowest BCUT2D eigenvalue weighted by Crippen LogP contribution is -2.40. The fraction of sp³-hybridized carbons (Fsp3) is 0.500. The molecule has 0 amide bonds. The SMILES string of the molecule is CC(NS(=O)(=O)c1ccc(N)c(Cl)c1)C1CCC1. The van der Waals surface area contributed by atoms with Crippen molar-refractivity contribution >= 4 is 27.3 Å². The molecule has 0 bridgehead atoms. The van der Waals surface area contributed by atoms with E-state index in [1.54, 1.807) is 0 Å². The molecule has 1 atom stereocenters. The maximum Gasteiger partial charge on any atom is 0.240 e. The first kappa shape index (κ1) is 13.6. The third-order valence-corrected chi connectivity index (χ3v) is 5.36. The van der Waals surface area contributed by atoms with Crippen LogP contribution in [0.2, 0.25) is 5.02 Å². The monoisotopic (exact) mass is 288 g/mol. The molecule has 0 heterocycles. The second-order valence-corrected chi connectivity index (χ2v) is 6.91. The van der Waals surface area contributed by atoms with E-state index in [9.17, 15) is 8.42 Å². The van der Waals surface area contributed by atoms with Gasteiger partial charge >= 0.3 is 0 Å². The van der Waals surface area contributed by atoms with Gasteiger partial charge in [-0.2, -0.15) is 0 Å². The van der Waals surface area contributed by atoms with Crippen molar-refractivity contribution in [2.45, 2.75) is 37.1 Å². The number of nitrogen functional groups attached to an aromatic ring is 1. The van der Waals surface area contributed by atoms with E-state index in [0.717, 1.165) is 12.8 Å². The number of hydrogen-bond acceptors (Lipinski definition) is 3. The molecule has 0 spiro atoms. The summed E-state index contributed by atoms with van der Waals surface area (Å²) in [6.07, 6.45) is 3.36. The van der Waals surface area contributed by atoms with Crippen LogP contribution in [-0.2, 0) is 10.0 Å². The lowest BCUT2D eigenvalue weighted by molar-refractivity contribution is 0.260. The molecule has 1 saturated carbocycles. The topological polar surface area (TPSA) is 72.2 Å². The summed E-state index contributed by atoms with van der Waals surface area (Å²) in [6, 6.07) is 4.31. The number of hydrogen-bond donors (Lipinski definition) is 2. The minimum Gasteiger partial charge on any atom is -0.398 e. The fourth-order valence-electron chi connectivity index (χ4n) is 2.02. The highest BCUT2D eigenvalue weighted by Gasteiger charge is 2.28. The number of benzene rings is 1. The van der Waals surface area contributed by atoms with Crippen molar-refractivity contribution in [3.63, 3.8) is 0 Å². The van der Waals surface area contributed by atoms with Gasteiger partial charge in [-0.1, -0.05) is 18.0 Å². The van der Waals surface area contributed by atoms with Crippen LogP contribution in [-0.4, -0.2) is 14.5 Å². The number of rotatable bonds is 4. The van der Waals surface area contributed by atoms with Gasteiger partial charge in [-0.05, 0) is 43.9 Å². The number of anilines is 1. The highest BCUT2D eigenvalue weighted by Crippen LogP contribution is 2.30. The molecule has 1 aromatic carbocycles. The summed E-state index contributed by atoms with van der Waals surface area (Å²) in [5, 5.41) is 0.258. The molecule has 1 aliphatic rings. The normalized spacial score (nSPS) is 18.3. The van der Waals surface area contributed by atoms with Gasteiger partial charge in [-0.3, -0.25) is 0 Å². The molecule has 100 valence electrons. The Bertz CT molecular complexity index is 541. The molecule has 0 radical (unpaired) electrons. The summed E-state index contributed by atoms with van der Waals surface area (Å²) in [6.45, 7) is 1.90. The molecule has 1 aliphatic carbocycles. The summed E-state index contributed by atoms with van der Waals surface area (Å²) in [4.78, 5) is 0.160. The maximum atomic E-state index is 12.1. The minimum atomic E-state index is -3.51. The van der Waals surface area contributed by atoms with E-state index >= 15 is 0 Å². The van der Waals surface area contributed by atoms with E-state index < -0.39 is 10.0 Å². The van der Waals surface area contributed by atoms with Gasteiger partial charge in [0.05, 0.1) is 15.6 Å². The Hall–Kier alpha value is -0.780. The van der Waals surface area contributed by atoms with Crippen molar-refractivity contribution in [2.75, 3.05) is 5.73 Å². The van der Waals surface area contributed by atoms with Crippen molar-refractivity contribution in [3.05, 3.63) is 23.2 Å². The molecule has 1 fully saturated rings. The molecule has 1 aromatic rings. The zero-order valence-electron chi connectivity index (χ0n) is 10.2. The van der Waals surface area contributed by atoms with Crippen LogP contribution in [0.4, 0.5) is 5.69 Å².